The molecule has 0 saturated carbocycles. The first-order valence-electron chi connectivity index (χ1n) is 8.29. The molecule has 3 rings (SSSR count). The number of carbonyl (C=O) groups excluding carboxylic acids is 1. The number of nitro benzene ring substituents is 1. The van der Waals surface area contributed by atoms with E-state index in [0.717, 1.165) is 6.07 Å². The molecule has 2 N–H and O–H groups in total. The molecule has 0 spiro atoms. The summed E-state index contributed by atoms with van der Waals surface area (Å²) in [5, 5.41) is 13.8. The Kier molecular flexibility index (Phi) is 6.25. The molecule has 0 fully saturated rings. The Balaban J connectivity index is 1.87. The number of hydrogen-bond acceptors (Lipinski definition) is 5. The number of anilines is 2. The zero-order valence-electron chi connectivity index (χ0n) is 15.0. The van der Waals surface area contributed by atoms with E-state index in [1.54, 1.807) is 0 Å². The van der Waals surface area contributed by atoms with Crippen molar-refractivity contribution in [2.24, 2.45) is 0 Å². The maximum absolute atomic E-state index is 12.7. The van der Waals surface area contributed by atoms with Gasteiger partial charge in [0.05, 0.1) is 20.4 Å². The Morgan fingerprint density at radius 2 is 1.63 bits per heavy atom. The third-order valence-electron chi connectivity index (χ3n) is 3.90. The van der Waals surface area contributed by atoms with Crippen molar-refractivity contribution in [1.82, 2.24) is 0 Å². The highest BCUT2D eigenvalue weighted by atomic mass is 35.5. The van der Waals surface area contributed by atoms with E-state index in [9.17, 15) is 23.3 Å². The lowest BCUT2D eigenvalue weighted by atomic mass is 10.2. The van der Waals surface area contributed by atoms with Crippen molar-refractivity contribution in [2.45, 2.75) is 4.90 Å². The van der Waals surface area contributed by atoms with Crippen molar-refractivity contribution in [3.8, 4) is 0 Å². The topological polar surface area (TPSA) is 118 Å². The largest absolute Gasteiger partial charge is 0.322 e. The van der Waals surface area contributed by atoms with Gasteiger partial charge in [-0.2, -0.15) is 0 Å². The zero-order chi connectivity index (χ0) is 21.9. The lowest BCUT2D eigenvalue weighted by molar-refractivity contribution is -0.384. The monoisotopic (exact) mass is 465 g/mol. The van der Waals surface area contributed by atoms with Crippen molar-refractivity contribution in [2.75, 3.05) is 10.0 Å². The van der Waals surface area contributed by atoms with Crippen molar-refractivity contribution >= 4 is 56.2 Å². The Hall–Kier alpha value is -3.14. The third kappa shape index (κ3) is 5.07. The van der Waals surface area contributed by atoms with Gasteiger partial charge in [-0.25, -0.2) is 8.42 Å². The molecule has 0 aromatic heterocycles. The molecule has 0 saturated heterocycles. The number of hydrogen-bond donors (Lipinski definition) is 2. The van der Waals surface area contributed by atoms with E-state index in [-0.39, 0.29) is 32.5 Å². The highest BCUT2D eigenvalue weighted by Gasteiger charge is 2.19. The normalized spacial score (nSPS) is 11.0. The van der Waals surface area contributed by atoms with E-state index in [1.807, 2.05) is 0 Å². The Morgan fingerprint density at radius 3 is 2.30 bits per heavy atom. The van der Waals surface area contributed by atoms with Crippen LogP contribution in [0.15, 0.2) is 71.6 Å². The van der Waals surface area contributed by atoms with Crippen LogP contribution in [-0.4, -0.2) is 19.2 Å². The average molecular weight is 466 g/mol. The molecule has 0 radical (unpaired) electrons. The van der Waals surface area contributed by atoms with Crippen LogP contribution in [-0.2, 0) is 10.0 Å². The molecule has 1 amide bonds. The highest BCUT2D eigenvalue weighted by Crippen LogP contribution is 2.25. The first-order chi connectivity index (χ1) is 14.2. The number of amides is 1. The maximum atomic E-state index is 12.7. The van der Waals surface area contributed by atoms with Gasteiger partial charge in [0.2, 0.25) is 0 Å². The third-order valence-corrected chi connectivity index (χ3v) is 5.86. The van der Waals surface area contributed by atoms with E-state index in [4.69, 9.17) is 23.2 Å². The second kappa shape index (κ2) is 8.70. The van der Waals surface area contributed by atoms with Crippen LogP contribution in [0.25, 0.3) is 0 Å². The molecule has 0 bridgehead atoms. The Morgan fingerprint density at radius 1 is 0.933 bits per heavy atom. The maximum Gasteiger partial charge on any atom is 0.271 e. The van der Waals surface area contributed by atoms with Crippen LogP contribution in [0.3, 0.4) is 0 Å². The molecule has 0 aliphatic heterocycles. The summed E-state index contributed by atoms with van der Waals surface area (Å²) in [6.45, 7) is 0. The van der Waals surface area contributed by atoms with Gasteiger partial charge in [0.25, 0.3) is 21.6 Å². The summed E-state index contributed by atoms with van der Waals surface area (Å²) in [7, 11) is -4.01. The van der Waals surface area contributed by atoms with Crippen molar-refractivity contribution in [3.63, 3.8) is 0 Å². The van der Waals surface area contributed by atoms with Gasteiger partial charge in [0.15, 0.2) is 0 Å². The summed E-state index contributed by atoms with van der Waals surface area (Å²) >= 11 is 11.9. The number of non-ortho nitro benzene ring substituents is 1. The van der Waals surface area contributed by atoms with E-state index in [1.165, 1.54) is 60.7 Å². The summed E-state index contributed by atoms with van der Waals surface area (Å²) in [6.07, 6.45) is 0. The molecule has 0 unspecified atom stereocenters. The fourth-order valence-electron chi connectivity index (χ4n) is 2.47. The van der Waals surface area contributed by atoms with Gasteiger partial charge in [-0.05, 0) is 48.5 Å². The number of benzene rings is 3. The van der Waals surface area contributed by atoms with Crippen molar-refractivity contribution in [3.05, 3.63) is 92.5 Å². The van der Waals surface area contributed by atoms with Crippen LogP contribution < -0.4 is 10.0 Å². The molecule has 8 nitrogen and oxygen atoms in total. The molecule has 0 aliphatic carbocycles. The molecule has 3 aromatic carbocycles. The van der Waals surface area contributed by atoms with Gasteiger partial charge < -0.3 is 5.32 Å². The van der Waals surface area contributed by atoms with Gasteiger partial charge in [-0.15, -0.1) is 0 Å². The second-order valence-electron chi connectivity index (χ2n) is 6.02. The quantitative estimate of drug-likeness (QED) is 0.394. The molecule has 0 heterocycles. The number of carbonyl (C=O) groups is 1. The summed E-state index contributed by atoms with van der Waals surface area (Å²) in [4.78, 5) is 22.7. The van der Waals surface area contributed by atoms with E-state index in [2.05, 4.69) is 10.0 Å². The Labute approximate surface area is 181 Å². The summed E-state index contributed by atoms with van der Waals surface area (Å²) in [5.74, 6) is -0.718. The van der Waals surface area contributed by atoms with Crippen LogP contribution >= 0.6 is 23.2 Å². The summed E-state index contributed by atoms with van der Waals surface area (Å²) in [5.41, 5.74) is 0.138. The van der Waals surface area contributed by atoms with E-state index < -0.39 is 20.9 Å². The first-order valence-corrected chi connectivity index (χ1v) is 10.5. The Bertz CT molecular complexity index is 1230. The van der Waals surface area contributed by atoms with E-state index in [0.29, 0.717) is 5.02 Å². The lowest BCUT2D eigenvalue weighted by Crippen LogP contribution is -2.16. The number of sulfonamides is 1. The number of halogens is 2. The van der Waals surface area contributed by atoms with Crippen LogP contribution in [0.5, 0.6) is 0 Å². The molecule has 30 heavy (non-hydrogen) atoms. The standard InChI is InChI=1S/C19H13Cl2N3O5S/c20-12-4-6-13(7-5-12)23-30(28,29)16-8-9-18(21)17(11-16)19(25)22-14-2-1-3-15(10-14)24(26)27/h1-11,23H,(H,22,25). The van der Waals surface area contributed by atoms with Gasteiger partial charge >= 0.3 is 0 Å². The van der Waals surface area contributed by atoms with Gasteiger partial charge in [0.1, 0.15) is 0 Å². The van der Waals surface area contributed by atoms with Crippen LogP contribution in [0.1, 0.15) is 10.4 Å². The highest BCUT2D eigenvalue weighted by molar-refractivity contribution is 7.92. The number of nitro groups is 1. The van der Waals surface area contributed by atoms with Crippen molar-refractivity contribution < 1.29 is 18.1 Å². The van der Waals surface area contributed by atoms with E-state index >= 15 is 0 Å². The zero-order valence-corrected chi connectivity index (χ0v) is 17.3. The average Bonchev–Trinajstić information content (AvgIpc) is 2.70. The molecular weight excluding hydrogens is 453 g/mol. The summed E-state index contributed by atoms with van der Waals surface area (Å²) in [6, 6.07) is 15.0. The van der Waals surface area contributed by atoms with Crippen molar-refractivity contribution in [1.29, 1.82) is 0 Å². The molecule has 0 atom stereocenters. The number of nitrogens with zero attached hydrogens (tertiary/aromatic N) is 1. The van der Waals surface area contributed by atoms with Gasteiger partial charge in [-0.3, -0.25) is 19.6 Å². The predicted octanol–water partition coefficient (Wildman–Crippen LogP) is 4.95. The van der Waals surface area contributed by atoms with Gasteiger partial charge in [0, 0.05) is 28.5 Å². The number of nitrogens with one attached hydrogen (secondary N) is 2. The molecule has 11 heteroatoms. The fourth-order valence-corrected chi connectivity index (χ4v) is 3.89. The molecular formula is C19H13Cl2N3O5S. The fraction of sp³-hybridized carbons (Fsp3) is 0. The van der Waals surface area contributed by atoms with Crippen LogP contribution in [0.4, 0.5) is 17.1 Å². The minimum absolute atomic E-state index is 0.0170. The van der Waals surface area contributed by atoms with Crippen LogP contribution in [0.2, 0.25) is 10.0 Å². The minimum Gasteiger partial charge on any atom is -0.322 e. The molecule has 0 aliphatic rings. The lowest BCUT2D eigenvalue weighted by Gasteiger charge is -2.11. The molecule has 154 valence electrons. The smallest absolute Gasteiger partial charge is 0.271 e. The number of rotatable bonds is 6. The molecule has 3 aromatic rings. The minimum atomic E-state index is -4.01. The first kappa shape index (κ1) is 21.6. The van der Waals surface area contributed by atoms with Gasteiger partial charge in [-0.1, -0.05) is 29.3 Å². The second-order valence-corrected chi connectivity index (χ2v) is 8.54. The summed E-state index contributed by atoms with van der Waals surface area (Å²) < 4.78 is 27.7. The predicted molar refractivity (Wildman–Crippen MR) is 115 cm³/mol. The van der Waals surface area contributed by atoms with Crippen LogP contribution in [0, 0.1) is 10.1 Å². The SMILES string of the molecule is O=C(Nc1cccc([N+](=O)[O-])c1)c1cc(S(=O)(=O)Nc2ccc(Cl)cc2)ccc1Cl.